The van der Waals surface area contributed by atoms with Crippen molar-refractivity contribution in [3.05, 3.63) is 29.8 Å². The van der Waals surface area contributed by atoms with E-state index in [1.807, 2.05) is 45.0 Å². The Morgan fingerprint density at radius 3 is 2.80 bits per heavy atom. The molecule has 112 valence electrons. The van der Waals surface area contributed by atoms with Crippen molar-refractivity contribution in [3.8, 4) is 5.75 Å². The summed E-state index contributed by atoms with van der Waals surface area (Å²) in [4.78, 5) is 4.29. The van der Waals surface area contributed by atoms with Crippen molar-refractivity contribution < 1.29 is 9.47 Å². The van der Waals surface area contributed by atoms with Gasteiger partial charge in [0.1, 0.15) is 12.4 Å². The minimum atomic E-state index is 0.0176. The molecule has 2 rings (SSSR count). The van der Waals surface area contributed by atoms with Gasteiger partial charge in [0.15, 0.2) is 6.10 Å². The Labute approximate surface area is 122 Å². The fraction of sp³-hybridized carbons (Fsp3) is 0.562. The predicted octanol–water partition coefficient (Wildman–Crippen LogP) is 3.15. The molecule has 1 aromatic rings. The summed E-state index contributed by atoms with van der Waals surface area (Å²) >= 11 is 0. The molecular weight excluding hydrogens is 252 g/mol. The molecule has 0 fully saturated rings. The number of hydrogen-bond acceptors (Lipinski definition) is 4. The highest BCUT2D eigenvalue weighted by Crippen LogP contribution is 2.17. The van der Waals surface area contributed by atoms with E-state index < -0.39 is 0 Å². The summed E-state index contributed by atoms with van der Waals surface area (Å²) < 4.78 is 11.4. The van der Waals surface area contributed by atoms with Gasteiger partial charge in [0.25, 0.3) is 6.02 Å². The van der Waals surface area contributed by atoms with Gasteiger partial charge >= 0.3 is 0 Å². The third-order valence-corrected chi connectivity index (χ3v) is 2.76. The number of aryl methyl sites for hydroxylation is 1. The maximum Gasteiger partial charge on any atom is 0.285 e. The monoisotopic (exact) mass is 278 g/mol. The molecule has 4 heteroatoms. The average Bonchev–Trinajstić information content (AvgIpc) is 2.94. The van der Waals surface area contributed by atoms with Gasteiger partial charge in [-0.25, -0.2) is 4.99 Å². The van der Waals surface area contributed by atoms with E-state index in [2.05, 4.69) is 17.2 Å². The minimum Gasteiger partial charge on any atom is -0.489 e. The lowest BCUT2D eigenvalue weighted by molar-refractivity contribution is 0.138. The summed E-state index contributed by atoms with van der Waals surface area (Å²) in [6.45, 7) is 10.2. The molecule has 0 bridgehead atoms. The Balaban J connectivity index is 0.000000956. The first-order valence-corrected chi connectivity index (χ1v) is 7.43. The van der Waals surface area contributed by atoms with Crippen molar-refractivity contribution in [2.75, 3.05) is 19.7 Å². The van der Waals surface area contributed by atoms with Gasteiger partial charge in [0, 0.05) is 6.54 Å². The maximum atomic E-state index is 5.75. The average molecular weight is 278 g/mol. The van der Waals surface area contributed by atoms with Crippen LogP contribution in [-0.4, -0.2) is 31.8 Å². The lowest BCUT2D eigenvalue weighted by atomic mass is 10.2. The van der Waals surface area contributed by atoms with Gasteiger partial charge < -0.3 is 14.8 Å². The summed E-state index contributed by atoms with van der Waals surface area (Å²) in [7, 11) is 0. The molecule has 1 N–H and O–H groups in total. The van der Waals surface area contributed by atoms with E-state index in [0.717, 1.165) is 24.3 Å². The summed E-state index contributed by atoms with van der Waals surface area (Å²) in [6.07, 6.45) is 1.08. The third-order valence-electron chi connectivity index (χ3n) is 2.76. The topological polar surface area (TPSA) is 42.9 Å². The number of amidine groups is 1. The number of rotatable bonds is 5. The number of para-hydroxylation sites is 1. The summed E-state index contributed by atoms with van der Waals surface area (Å²) in [5.41, 5.74) is 1.14. The Morgan fingerprint density at radius 2 is 2.10 bits per heavy atom. The number of nitrogens with zero attached hydrogens (tertiary/aromatic N) is 1. The van der Waals surface area contributed by atoms with Crippen molar-refractivity contribution in [2.24, 2.45) is 4.99 Å². The van der Waals surface area contributed by atoms with Gasteiger partial charge in [-0.3, -0.25) is 0 Å². The molecule has 0 amide bonds. The quantitative estimate of drug-likeness (QED) is 0.899. The molecule has 0 radical (unpaired) electrons. The molecule has 1 aliphatic heterocycles. The number of ether oxygens (including phenoxy) is 2. The lowest BCUT2D eigenvalue weighted by Crippen LogP contribution is -2.29. The van der Waals surface area contributed by atoms with Crippen LogP contribution in [0.15, 0.2) is 29.3 Å². The second-order valence-corrected chi connectivity index (χ2v) is 4.39. The number of hydrogen-bond donors (Lipinski definition) is 1. The van der Waals surface area contributed by atoms with Crippen LogP contribution in [0.1, 0.15) is 32.8 Å². The van der Waals surface area contributed by atoms with Crippen LogP contribution in [0, 0.1) is 6.92 Å². The van der Waals surface area contributed by atoms with E-state index in [9.17, 15) is 0 Å². The Bertz CT molecular complexity index is 419. The second kappa shape index (κ2) is 9.23. The van der Waals surface area contributed by atoms with Crippen LogP contribution in [0.25, 0.3) is 0 Å². The van der Waals surface area contributed by atoms with Gasteiger partial charge in [-0.15, -0.1) is 0 Å². The van der Waals surface area contributed by atoms with E-state index in [1.54, 1.807) is 0 Å². The van der Waals surface area contributed by atoms with E-state index in [4.69, 9.17) is 9.47 Å². The molecule has 20 heavy (non-hydrogen) atoms. The second-order valence-electron chi connectivity index (χ2n) is 4.39. The summed E-state index contributed by atoms with van der Waals surface area (Å²) in [6, 6.07) is 8.64. The fourth-order valence-corrected chi connectivity index (χ4v) is 1.73. The van der Waals surface area contributed by atoms with E-state index in [0.29, 0.717) is 19.2 Å². The molecular formula is C16H26N2O2. The van der Waals surface area contributed by atoms with E-state index >= 15 is 0 Å². The smallest absolute Gasteiger partial charge is 0.285 e. The summed E-state index contributed by atoms with van der Waals surface area (Å²) in [5, 5.41) is 3.14. The molecule has 1 aliphatic rings. The highest BCUT2D eigenvalue weighted by atomic mass is 16.6. The number of benzene rings is 1. The Morgan fingerprint density at radius 1 is 1.35 bits per heavy atom. The van der Waals surface area contributed by atoms with Crippen LogP contribution >= 0.6 is 0 Å². The van der Waals surface area contributed by atoms with Crippen LogP contribution in [0.4, 0.5) is 0 Å². The fourth-order valence-electron chi connectivity index (χ4n) is 1.73. The molecule has 0 aromatic heterocycles. The highest BCUT2D eigenvalue weighted by molar-refractivity contribution is 5.75. The molecule has 0 saturated heterocycles. The van der Waals surface area contributed by atoms with Crippen LogP contribution in [0.5, 0.6) is 5.75 Å². The molecule has 1 heterocycles. The zero-order valence-corrected chi connectivity index (χ0v) is 13.0. The van der Waals surface area contributed by atoms with Crippen LogP contribution < -0.4 is 10.1 Å². The number of aliphatic imine (C=N–C) groups is 1. The summed E-state index contributed by atoms with van der Waals surface area (Å²) in [5.74, 6) is 0.913. The molecule has 0 saturated carbocycles. The van der Waals surface area contributed by atoms with Gasteiger partial charge in [-0.1, -0.05) is 39.0 Å². The van der Waals surface area contributed by atoms with Crippen LogP contribution in [-0.2, 0) is 4.74 Å². The van der Waals surface area contributed by atoms with Gasteiger partial charge in [-0.2, -0.15) is 0 Å². The van der Waals surface area contributed by atoms with Crippen LogP contribution in [0.2, 0.25) is 0 Å². The molecule has 0 spiro atoms. The maximum absolute atomic E-state index is 5.75. The van der Waals surface area contributed by atoms with Gasteiger partial charge in [0.2, 0.25) is 0 Å². The van der Waals surface area contributed by atoms with Crippen LogP contribution in [0.3, 0.4) is 0 Å². The van der Waals surface area contributed by atoms with Crippen molar-refractivity contribution in [2.45, 2.75) is 40.2 Å². The first-order chi connectivity index (χ1) is 9.79. The van der Waals surface area contributed by atoms with Crippen molar-refractivity contribution >= 4 is 6.02 Å². The first kappa shape index (κ1) is 16.3. The zero-order chi connectivity index (χ0) is 14.8. The zero-order valence-electron chi connectivity index (χ0n) is 13.0. The van der Waals surface area contributed by atoms with Gasteiger partial charge in [0.05, 0.1) is 6.54 Å². The van der Waals surface area contributed by atoms with Gasteiger partial charge in [-0.05, 0) is 25.0 Å². The minimum absolute atomic E-state index is 0.0176. The molecule has 1 atom stereocenters. The highest BCUT2D eigenvalue weighted by Gasteiger charge is 2.20. The SMILES string of the molecule is CC.CCCNC1=NCC(COc2ccccc2C)O1. The molecule has 1 unspecified atom stereocenters. The molecule has 0 aliphatic carbocycles. The third kappa shape index (κ3) is 5.11. The van der Waals surface area contributed by atoms with E-state index in [-0.39, 0.29) is 6.10 Å². The van der Waals surface area contributed by atoms with Crippen molar-refractivity contribution in [3.63, 3.8) is 0 Å². The normalized spacial score (nSPS) is 16.6. The Hall–Kier alpha value is -1.71. The Kier molecular flexibility index (Phi) is 7.55. The predicted molar refractivity (Wildman–Crippen MR) is 83.5 cm³/mol. The molecule has 4 nitrogen and oxygen atoms in total. The molecule has 1 aromatic carbocycles. The largest absolute Gasteiger partial charge is 0.489 e. The van der Waals surface area contributed by atoms with Crippen molar-refractivity contribution in [1.82, 2.24) is 5.32 Å². The van der Waals surface area contributed by atoms with Crippen molar-refractivity contribution in [1.29, 1.82) is 0 Å². The first-order valence-electron chi connectivity index (χ1n) is 7.43. The lowest BCUT2D eigenvalue weighted by Gasteiger charge is -2.14. The number of nitrogens with one attached hydrogen (secondary N) is 1. The standard InChI is InChI=1S/C14H20N2O2.C2H6/c1-3-8-15-14-16-9-12(18-14)10-17-13-7-5-4-6-11(13)2;1-2/h4-7,12H,3,8-10H2,1-2H3,(H,15,16);1-2H3. The van der Waals surface area contributed by atoms with E-state index in [1.165, 1.54) is 0 Å².